The maximum atomic E-state index is 10.1. The third-order valence-corrected chi connectivity index (χ3v) is 0.594. The van der Waals surface area contributed by atoms with Crippen LogP contribution >= 0.6 is 23.2 Å². The number of halogens is 2. The molecule has 9 heavy (non-hydrogen) atoms. The smallest absolute Gasteiger partial charge is 0.229 e. The molecule has 0 aromatic carbocycles. The molecule has 0 saturated heterocycles. The Morgan fingerprint density at radius 3 is 2.22 bits per heavy atom. The Hall–Kier alpha value is -0.230. The number of hydrogen-bond donors (Lipinski definition) is 1. The third kappa shape index (κ3) is 7.77. The first kappa shape index (κ1) is 8.77. The molecule has 0 bridgehead atoms. The molecule has 50 valence electrons. The van der Waals surface area contributed by atoms with Crippen LogP contribution in [-0.2, 0) is 4.79 Å². The molecule has 0 spiro atoms. The van der Waals surface area contributed by atoms with Crippen molar-refractivity contribution >= 4 is 29.0 Å². The minimum Gasteiger partial charge on any atom is -0.290 e. The lowest BCUT2D eigenvalue weighted by Gasteiger charge is -1.99. The molecule has 0 rings (SSSR count). The van der Waals surface area contributed by atoms with Gasteiger partial charge in [-0.2, -0.15) is 0 Å². The summed E-state index contributed by atoms with van der Waals surface area (Å²) in [6.45, 7) is 1.30. The second-order valence-corrected chi connectivity index (χ2v) is 2.81. The minimum atomic E-state index is -1.61. The van der Waals surface area contributed by atoms with Gasteiger partial charge in [-0.05, 0) is 11.8 Å². The Kier molecular flexibility index (Phi) is 2.99. The van der Waals surface area contributed by atoms with E-state index < -0.39 is 4.46 Å². The Morgan fingerprint density at radius 2 is 2.11 bits per heavy atom. The first-order valence-electron chi connectivity index (χ1n) is 2.12. The van der Waals surface area contributed by atoms with Crippen molar-refractivity contribution in [1.29, 1.82) is 0 Å². The summed E-state index contributed by atoms with van der Waals surface area (Å²) < 4.78 is -1.61. The minimum absolute atomic E-state index is 0.314. The highest BCUT2D eigenvalue weighted by molar-refractivity contribution is 6.50. The Balaban J connectivity index is 4.04. The van der Waals surface area contributed by atoms with E-state index in [4.69, 9.17) is 28.9 Å². The van der Waals surface area contributed by atoms with Crippen LogP contribution in [0.1, 0.15) is 6.92 Å². The summed E-state index contributed by atoms with van der Waals surface area (Å²) in [5.74, 6) is 3.92. The number of alkyl halides is 2. The fourth-order valence-corrected chi connectivity index (χ4v) is 0.266. The van der Waals surface area contributed by atoms with Crippen molar-refractivity contribution in [3.05, 3.63) is 0 Å². The highest BCUT2D eigenvalue weighted by atomic mass is 35.5. The number of rotatable bonds is 0. The van der Waals surface area contributed by atoms with Crippen molar-refractivity contribution in [2.24, 2.45) is 5.73 Å². The molecule has 0 fully saturated rings. The summed E-state index contributed by atoms with van der Waals surface area (Å²) in [4.78, 5) is 10.1. The summed E-state index contributed by atoms with van der Waals surface area (Å²) in [6, 6.07) is 0. The summed E-state index contributed by atoms with van der Waals surface area (Å²) >= 11 is 10.4. The van der Waals surface area contributed by atoms with Crippen LogP contribution in [0.2, 0.25) is 0 Å². The molecule has 0 heterocycles. The topological polar surface area (TPSA) is 43.1 Å². The number of Topliss-reactive ketones (excluding diaryl/α,β-unsaturated/α-hetero) is 1. The molecule has 0 atom stereocenters. The zero-order valence-corrected chi connectivity index (χ0v) is 6.25. The Morgan fingerprint density at radius 1 is 1.67 bits per heavy atom. The van der Waals surface area contributed by atoms with E-state index in [1.54, 1.807) is 0 Å². The van der Waals surface area contributed by atoms with Gasteiger partial charge < -0.3 is 0 Å². The van der Waals surface area contributed by atoms with Gasteiger partial charge in [-0.3, -0.25) is 10.5 Å². The van der Waals surface area contributed by atoms with E-state index in [0.29, 0.717) is 0 Å². The normalized spacial score (nSPS) is 9.78. The van der Waals surface area contributed by atoms with Crippen molar-refractivity contribution in [2.45, 2.75) is 11.4 Å². The molecule has 0 radical (unpaired) electrons. The van der Waals surface area contributed by atoms with E-state index in [9.17, 15) is 4.79 Å². The van der Waals surface area contributed by atoms with E-state index in [2.05, 4.69) is 11.8 Å². The van der Waals surface area contributed by atoms with Gasteiger partial charge in [0, 0.05) is 6.92 Å². The van der Waals surface area contributed by atoms with Crippen molar-refractivity contribution in [3.63, 3.8) is 0 Å². The van der Waals surface area contributed by atoms with Gasteiger partial charge in [-0.1, -0.05) is 23.2 Å². The molecule has 4 heteroatoms. The van der Waals surface area contributed by atoms with Crippen LogP contribution in [-0.4, -0.2) is 10.2 Å². The molecule has 0 amide bonds. The molecule has 0 saturated carbocycles. The lowest BCUT2D eigenvalue weighted by molar-refractivity contribution is -0.111. The van der Waals surface area contributed by atoms with Gasteiger partial charge in [-0.25, -0.2) is 0 Å². The first-order valence-corrected chi connectivity index (χ1v) is 2.88. The predicted octanol–water partition coefficient (Wildman–Crippen LogP) is 0.669. The summed E-state index contributed by atoms with van der Waals surface area (Å²) in [5, 5.41) is 0. The fourth-order valence-electron chi connectivity index (χ4n) is 0.171. The van der Waals surface area contributed by atoms with E-state index >= 15 is 0 Å². The Labute approximate surface area is 63.3 Å². The SMILES string of the molecule is CC(=O)C#CC(N)(Cl)Cl. The van der Waals surface area contributed by atoms with Gasteiger partial charge in [-0.15, -0.1) is 0 Å². The highest BCUT2D eigenvalue weighted by Crippen LogP contribution is 2.09. The predicted molar refractivity (Wildman–Crippen MR) is 37.1 cm³/mol. The second kappa shape index (κ2) is 3.07. The van der Waals surface area contributed by atoms with Crippen LogP contribution < -0.4 is 5.73 Å². The van der Waals surface area contributed by atoms with Gasteiger partial charge >= 0.3 is 0 Å². The van der Waals surface area contributed by atoms with Crippen LogP contribution in [0.5, 0.6) is 0 Å². The number of carbonyl (C=O) groups is 1. The maximum absolute atomic E-state index is 10.1. The molecular weight excluding hydrogens is 161 g/mol. The van der Waals surface area contributed by atoms with Crippen LogP contribution in [0.25, 0.3) is 0 Å². The van der Waals surface area contributed by atoms with E-state index in [1.165, 1.54) is 6.92 Å². The van der Waals surface area contributed by atoms with E-state index in [0.717, 1.165) is 0 Å². The fraction of sp³-hybridized carbons (Fsp3) is 0.400. The summed E-state index contributed by atoms with van der Waals surface area (Å²) in [5.41, 5.74) is 4.99. The van der Waals surface area contributed by atoms with Crippen molar-refractivity contribution < 1.29 is 4.79 Å². The molecule has 0 unspecified atom stereocenters. The van der Waals surface area contributed by atoms with Crippen LogP contribution in [0.3, 0.4) is 0 Å². The van der Waals surface area contributed by atoms with Gasteiger partial charge in [0.15, 0.2) is 0 Å². The molecule has 2 nitrogen and oxygen atoms in total. The van der Waals surface area contributed by atoms with Crippen LogP contribution in [0.4, 0.5) is 0 Å². The average molecular weight is 166 g/mol. The monoisotopic (exact) mass is 165 g/mol. The molecule has 0 aliphatic carbocycles. The second-order valence-electron chi connectivity index (χ2n) is 1.43. The number of hydrogen-bond acceptors (Lipinski definition) is 2. The van der Waals surface area contributed by atoms with E-state index in [-0.39, 0.29) is 5.78 Å². The third-order valence-electron chi connectivity index (χ3n) is 0.405. The average Bonchev–Trinajstić information content (AvgIpc) is 1.59. The zero-order chi connectivity index (χ0) is 7.49. The van der Waals surface area contributed by atoms with Crippen LogP contribution in [0, 0.1) is 11.8 Å². The first-order chi connectivity index (χ1) is 3.92. The molecule has 0 aromatic rings. The number of carbonyl (C=O) groups excluding carboxylic acids is 1. The largest absolute Gasteiger partial charge is 0.290 e. The molecular formula is C5H5Cl2NO. The lowest BCUT2D eigenvalue weighted by atomic mass is 10.4. The highest BCUT2D eigenvalue weighted by Gasteiger charge is 2.10. The van der Waals surface area contributed by atoms with Gasteiger partial charge in [0.05, 0.1) is 0 Å². The Bertz CT molecular complexity index is 172. The molecule has 2 N–H and O–H groups in total. The van der Waals surface area contributed by atoms with Gasteiger partial charge in [0.1, 0.15) is 0 Å². The van der Waals surface area contributed by atoms with Gasteiger partial charge in [0.25, 0.3) is 0 Å². The van der Waals surface area contributed by atoms with E-state index in [1.807, 2.05) is 0 Å². The molecule has 0 aliphatic heterocycles. The standard InChI is InChI=1S/C5H5Cl2NO/c1-4(9)2-3-5(6,7)8/h8H2,1H3. The maximum Gasteiger partial charge on any atom is 0.229 e. The number of ketones is 1. The summed E-state index contributed by atoms with van der Waals surface area (Å²) in [7, 11) is 0. The lowest BCUT2D eigenvalue weighted by Crippen LogP contribution is -2.22. The summed E-state index contributed by atoms with van der Waals surface area (Å²) in [6.07, 6.45) is 0. The number of nitrogens with two attached hydrogens (primary N) is 1. The quantitative estimate of drug-likeness (QED) is 0.248. The molecule has 0 aromatic heterocycles. The van der Waals surface area contributed by atoms with Crippen molar-refractivity contribution in [1.82, 2.24) is 0 Å². The van der Waals surface area contributed by atoms with Crippen LogP contribution in [0.15, 0.2) is 0 Å². The van der Waals surface area contributed by atoms with Crippen molar-refractivity contribution in [2.75, 3.05) is 0 Å². The van der Waals surface area contributed by atoms with Crippen molar-refractivity contribution in [3.8, 4) is 11.8 Å². The molecule has 0 aliphatic rings. The van der Waals surface area contributed by atoms with Gasteiger partial charge in [0.2, 0.25) is 10.2 Å². The zero-order valence-electron chi connectivity index (χ0n) is 4.74.